The molecule has 0 saturated carbocycles. The highest BCUT2D eigenvalue weighted by Gasteiger charge is 2.45. The van der Waals surface area contributed by atoms with Crippen molar-refractivity contribution in [2.24, 2.45) is 0 Å². The minimum Gasteiger partial charge on any atom is -0.496 e. The molecule has 2 saturated heterocycles. The van der Waals surface area contributed by atoms with Crippen LogP contribution >= 0.6 is 0 Å². The van der Waals surface area contributed by atoms with Gasteiger partial charge in [0.25, 0.3) is 0 Å². The molecule has 2 fully saturated rings. The van der Waals surface area contributed by atoms with E-state index in [9.17, 15) is 4.79 Å². The molecule has 0 radical (unpaired) electrons. The maximum absolute atomic E-state index is 11.0. The fourth-order valence-electron chi connectivity index (χ4n) is 2.78. The van der Waals surface area contributed by atoms with Crippen LogP contribution in [0.15, 0.2) is 12.1 Å². The molecule has 0 amide bonds. The van der Waals surface area contributed by atoms with E-state index in [-0.39, 0.29) is 19.1 Å². The highest BCUT2D eigenvalue weighted by Crippen LogP contribution is 2.42. The molecular formula is C16H20O8. The molecule has 0 unspecified atom stereocenters. The Hall–Kier alpha value is -2.19. The van der Waals surface area contributed by atoms with Crippen molar-refractivity contribution in [3.8, 4) is 17.2 Å². The van der Waals surface area contributed by atoms with Gasteiger partial charge in [0.2, 0.25) is 5.79 Å². The van der Waals surface area contributed by atoms with E-state index in [2.05, 4.69) is 0 Å². The Labute approximate surface area is 139 Å². The van der Waals surface area contributed by atoms with Crippen LogP contribution in [-0.4, -0.2) is 59.7 Å². The van der Waals surface area contributed by atoms with Gasteiger partial charge in [0.1, 0.15) is 17.2 Å². The van der Waals surface area contributed by atoms with Crippen molar-refractivity contribution in [2.75, 3.05) is 47.8 Å². The molecule has 1 spiro atoms. The second kappa shape index (κ2) is 6.74. The first-order chi connectivity index (χ1) is 11.6. The summed E-state index contributed by atoms with van der Waals surface area (Å²) in [5.74, 6) is 0.742. The number of ether oxygens (including phenoxy) is 7. The summed E-state index contributed by atoms with van der Waals surface area (Å²) in [5.41, 5.74) is 0.837. The zero-order valence-electron chi connectivity index (χ0n) is 13.8. The summed E-state index contributed by atoms with van der Waals surface area (Å²) in [6, 6.07) is 3.57. The molecule has 1 aromatic carbocycles. The zero-order chi connectivity index (χ0) is 17.2. The van der Waals surface area contributed by atoms with E-state index >= 15 is 0 Å². The van der Waals surface area contributed by atoms with Gasteiger partial charge in [-0.05, 0) is 0 Å². The third kappa shape index (κ3) is 3.07. The summed E-state index contributed by atoms with van der Waals surface area (Å²) >= 11 is 0. The minimum absolute atomic E-state index is 0.00936. The quantitative estimate of drug-likeness (QED) is 0.766. The lowest BCUT2D eigenvalue weighted by molar-refractivity contribution is -0.316. The SMILES string of the molecule is COc1cc(OC)c(C2COC3(COC(=O)OC3)OC2)c(OC)c1. The summed E-state index contributed by atoms with van der Waals surface area (Å²) < 4.78 is 37.5. The van der Waals surface area contributed by atoms with E-state index in [0.29, 0.717) is 30.5 Å². The van der Waals surface area contributed by atoms with E-state index in [4.69, 9.17) is 33.2 Å². The molecule has 2 heterocycles. The minimum atomic E-state index is -1.04. The highest BCUT2D eigenvalue weighted by atomic mass is 16.8. The highest BCUT2D eigenvalue weighted by molar-refractivity contribution is 5.60. The number of cyclic esters (lactones) is 2. The van der Waals surface area contributed by atoms with Crippen molar-refractivity contribution in [3.63, 3.8) is 0 Å². The smallest absolute Gasteiger partial charge is 0.496 e. The molecule has 2 aliphatic rings. The van der Waals surface area contributed by atoms with Crippen molar-refractivity contribution >= 4 is 6.16 Å². The number of carbonyl (C=O) groups is 1. The molecule has 132 valence electrons. The number of carbonyl (C=O) groups excluding carboxylic acids is 1. The average Bonchev–Trinajstić information content (AvgIpc) is 2.64. The molecule has 2 aliphatic heterocycles. The monoisotopic (exact) mass is 340 g/mol. The van der Waals surface area contributed by atoms with Gasteiger partial charge in [0.05, 0.1) is 34.5 Å². The van der Waals surface area contributed by atoms with E-state index < -0.39 is 11.9 Å². The van der Waals surface area contributed by atoms with Crippen molar-refractivity contribution in [3.05, 3.63) is 17.7 Å². The molecule has 0 N–H and O–H groups in total. The van der Waals surface area contributed by atoms with E-state index in [1.54, 1.807) is 33.5 Å². The van der Waals surface area contributed by atoms with Crippen LogP contribution < -0.4 is 14.2 Å². The van der Waals surface area contributed by atoms with Gasteiger partial charge < -0.3 is 33.2 Å². The summed E-state index contributed by atoms with van der Waals surface area (Å²) in [7, 11) is 4.74. The molecule has 24 heavy (non-hydrogen) atoms. The van der Waals surface area contributed by atoms with Crippen molar-refractivity contribution in [1.29, 1.82) is 0 Å². The molecule has 8 heteroatoms. The van der Waals surface area contributed by atoms with E-state index in [0.717, 1.165) is 5.56 Å². The van der Waals surface area contributed by atoms with Gasteiger partial charge in [0, 0.05) is 23.6 Å². The van der Waals surface area contributed by atoms with E-state index in [1.807, 2.05) is 0 Å². The molecule has 3 rings (SSSR count). The van der Waals surface area contributed by atoms with Crippen molar-refractivity contribution in [1.82, 2.24) is 0 Å². The lowest BCUT2D eigenvalue weighted by Gasteiger charge is -2.41. The second-order valence-electron chi connectivity index (χ2n) is 5.50. The lowest BCUT2D eigenvalue weighted by atomic mass is 9.97. The lowest BCUT2D eigenvalue weighted by Crippen LogP contribution is -2.54. The van der Waals surface area contributed by atoms with Gasteiger partial charge in [-0.25, -0.2) is 4.79 Å². The molecular weight excluding hydrogens is 320 g/mol. The third-order valence-electron chi connectivity index (χ3n) is 4.08. The average molecular weight is 340 g/mol. The molecule has 8 nitrogen and oxygen atoms in total. The van der Waals surface area contributed by atoms with Gasteiger partial charge in [-0.15, -0.1) is 0 Å². The van der Waals surface area contributed by atoms with Gasteiger partial charge in [0.15, 0.2) is 13.2 Å². The first-order valence-corrected chi connectivity index (χ1v) is 7.48. The summed E-state index contributed by atoms with van der Waals surface area (Å²) in [4.78, 5) is 11.0. The number of benzene rings is 1. The van der Waals surface area contributed by atoms with Crippen LogP contribution in [0.1, 0.15) is 11.5 Å². The number of hydrogen-bond acceptors (Lipinski definition) is 8. The third-order valence-corrected chi connectivity index (χ3v) is 4.08. The summed E-state index contributed by atoms with van der Waals surface area (Å²) in [5, 5.41) is 0. The van der Waals surface area contributed by atoms with Crippen molar-refractivity contribution < 1.29 is 38.0 Å². The van der Waals surface area contributed by atoms with Gasteiger partial charge in [-0.1, -0.05) is 0 Å². The van der Waals surface area contributed by atoms with Crippen LogP contribution in [0.2, 0.25) is 0 Å². The largest absolute Gasteiger partial charge is 0.508 e. The molecule has 0 atom stereocenters. The number of rotatable bonds is 4. The van der Waals surface area contributed by atoms with Gasteiger partial charge in [-0.3, -0.25) is 0 Å². The molecule has 0 bridgehead atoms. The Bertz CT molecular complexity index is 569. The predicted molar refractivity (Wildman–Crippen MR) is 80.8 cm³/mol. The fraction of sp³-hybridized carbons (Fsp3) is 0.562. The van der Waals surface area contributed by atoms with Crippen molar-refractivity contribution in [2.45, 2.75) is 11.7 Å². The Kier molecular flexibility index (Phi) is 4.68. The van der Waals surface area contributed by atoms with Gasteiger partial charge >= 0.3 is 6.16 Å². The number of hydrogen-bond donors (Lipinski definition) is 0. The zero-order valence-corrected chi connectivity index (χ0v) is 13.8. The van der Waals surface area contributed by atoms with Crippen LogP contribution in [0, 0.1) is 0 Å². The van der Waals surface area contributed by atoms with E-state index in [1.165, 1.54) is 0 Å². The summed E-state index contributed by atoms with van der Waals surface area (Å²) in [6.07, 6.45) is -0.714. The standard InChI is InChI=1S/C16H20O8/c1-18-11-4-12(19-2)14(13(5-11)20-3)10-6-23-16(24-7-10)8-21-15(17)22-9-16/h4-5,10H,6-9H2,1-3H3. The molecule has 0 aromatic heterocycles. The van der Waals surface area contributed by atoms with Crippen LogP contribution in [0.5, 0.6) is 17.2 Å². The Morgan fingerprint density at radius 1 is 0.958 bits per heavy atom. The van der Waals surface area contributed by atoms with Crippen LogP contribution in [-0.2, 0) is 18.9 Å². The second-order valence-corrected chi connectivity index (χ2v) is 5.50. The Balaban J connectivity index is 1.80. The van der Waals surface area contributed by atoms with Gasteiger partial charge in [-0.2, -0.15) is 0 Å². The predicted octanol–water partition coefficient (Wildman–Crippen LogP) is 1.71. The first kappa shape index (κ1) is 16.7. The normalized spacial score (nSPS) is 20.2. The van der Waals surface area contributed by atoms with Crippen LogP contribution in [0.3, 0.4) is 0 Å². The summed E-state index contributed by atoms with van der Waals surface area (Å²) in [6.45, 7) is 0.713. The maximum atomic E-state index is 11.0. The van der Waals surface area contributed by atoms with Crippen LogP contribution in [0.25, 0.3) is 0 Å². The Morgan fingerprint density at radius 3 is 1.96 bits per heavy atom. The fourth-order valence-corrected chi connectivity index (χ4v) is 2.78. The Morgan fingerprint density at radius 2 is 1.50 bits per heavy atom. The molecule has 1 aromatic rings. The number of methoxy groups -OCH3 is 3. The first-order valence-electron chi connectivity index (χ1n) is 7.48. The maximum Gasteiger partial charge on any atom is 0.508 e. The van der Waals surface area contributed by atoms with Crippen LogP contribution in [0.4, 0.5) is 4.79 Å². The topological polar surface area (TPSA) is 81.7 Å². The molecule has 0 aliphatic carbocycles.